The van der Waals surface area contributed by atoms with Crippen LogP contribution >= 0.6 is 0 Å². The van der Waals surface area contributed by atoms with Crippen LogP contribution in [0.3, 0.4) is 0 Å². The van der Waals surface area contributed by atoms with Gasteiger partial charge in [0.1, 0.15) is 6.08 Å². The minimum Gasteiger partial charge on any atom is -0.459 e. The third kappa shape index (κ3) is 2.14. The highest BCUT2D eigenvalue weighted by Crippen LogP contribution is 2.35. The van der Waals surface area contributed by atoms with Crippen molar-refractivity contribution in [2.24, 2.45) is 0 Å². The van der Waals surface area contributed by atoms with E-state index in [1.165, 1.54) is 6.20 Å². The molecule has 2 bridgehead atoms. The van der Waals surface area contributed by atoms with Crippen molar-refractivity contribution in [2.45, 2.75) is 43.8 Å². The van der Waals surface area contributed by atoms with Crippen LogP contribution in [-0.2, 0) is 4.74 Å². The average molecular weight is 289 g/mol. The van der Waals surface area contributed by atoms with Crippen LogP contribution in [0.25, 0.3) is 10.9 Å². The molecule has 0 saturated carbocycles. The average Bonchev–Trinajstić information content (AvgIpc) is 3.11. The van der Waals surface area contributed by atoms with Crippen LogP contribution in [0.2, 0.25) is 0 Å². The molecular formula is C17H20N2O2. The van der Waals surface area contributed by atoms with Gasteiger partial charge in [-0.2, -0.15) is 0 Å². The van der Waals surface area contributed by atoms with Gasteiger partial charge in [-0.1, -0.05) is 18.1 Å². The molecule has 0 aliphatic carbocycles. The fourth-order valence-electron chi connectivity index (χ4n) is 3.46. The highest BCUT2D eigenvalue weighted by molar-refractivity contribution is 6.04. The van der Waals surface area contributed by atoms with E-state index in [1.54, 1.807) is 0 Å². The number of aromatic amines is 1. The first kappa shape index (κ1) is 8.59. The predicted molar refractivity (Wildman–Crippen MR) is 81.3 cm³/mol. The fourth-order valence-corrected chi connectivity index (χ4v) is 3.46. The summed E-state index contributed by atoms with van der Waals surface area (Å²) < 4.78 is 45.7. The third-order valence-corrected chi connectivity index (χ3v) is 4.69. The second kappa shape index (κ2) is 4.88. The molecule has 2 aliphatic heterocycles. The maximum atomic E-state index is 12.7. The van der Waals surface area contributed by atoms with Crippen LogP contribution in [-0.4, -0.2) is 41.1 Å². The number of rotatable bonds is 2. The molecule has 1 aromatic heterocycles. The lowest BCUT2D eigenvalue weighted by Crippen LogP contribution is -2.43. The molecule has 0 spiro atoms. The molecule has 3 atom stereocenters. The van der Waals surface area contributed by atoms with Crippen LogP contribution in [0.5, 0.6) is 0 Å². The Morgan fingerprint density at radius 3 is 2.86 bits per heavy atom. The minimum atomic E-state index is -1.30. The third-order valence-electron chi connectivity index (χ3n) is 4.69. The lowest BCUT2D eigenvalue weighted by Gasteiger charge is -2.35. The van der Waals surface area contributed by atoms with E-state index >= 15 is 0 Å². The Hall–Kier alpha value is -1.81. The predicted octanol–water partition coefficient (Wildman–Crippen LogP) is 2.95. The number of hydrogen-bond acceptors (Lipinski definition) is 3. The molecular weight excluding hydrogens is 264 g/mol. The Morgan fingerprint density at radius 1 is 1.38 bits per heavy atom. The molecule has 2 fully saturated rings. The lowest BCUT2D eigenvalue weighted by molar-refractivity contribution is -0.000258. The second-order valence-corrected chi connectivity index (χ2v) is 5.84. The summed E-state index contributed by atoms with van der Waals surface area (Å²) in [5, 5.41) is 0.112. The molecule has 4 rings (SSSR count). The number of nitrogens with one attached hydrogen (secondary N) is 1. The van der Waals surface area contributed by atoms with E-state index in [9.17, 15) is 4.79 Å². The van der Waals surface area contributed by atoms with Crippen LogP contribution in [0.1, 0.15) is 42.9 Å². The lowest BCUT2D eigenvalue weighted by atomic mass is 10.0. The maximum absolute atomic E-state index is 12.7. The SMILES string of the molecule is [2H]c1c([2H])c([2H])c2c(C(=O)OC3([2H])C[C@H]4CC[C@@H](C3)N4C)c[nH]c2c1[2H]. The summed E-state index contributed by atoms with van der Waals surface area (Å²) in [5.41, 5.74) is 0.218. The minimum absolute atomic E-state index is 0.0462. The zero-order valence-electron chi connectivity index (χ0n) is 16.8. The van der Waals surface area contributed by atoms with Gasteiger partial charge in [-0.05, 0) is 25.9 Å². The molecule has 0 amide bonds. The normalized spacial score (nSPS) is 35.8. The summed E-state index contributed by atoms with van der Waals surface area (Å²) in [6.45, 7) is 0. The first-order valence-corrected chi connectivity index (χ1v) is 7.24. The Labute approximate surface area is 131 Å². The number of piperidine rings is 1. The van der Waals surface area contributed by atoms with Crippen molar-refractivity contribution in [1.29, 1.82) is 0 Å². The number of carbonyl (C=O) groups excluding carboxylic acids is 1. The van der Waals surface area contributed by atoms with E-state index in [0.29, 0.717) is 12.8 Å². The number of esters is 1. The van der Waals surface area contributed by atoms with Gasteiger partial charge in [-0.15, -0.1) is 0 Å². The summed E-state index contributed by atoms with van der Waals surface area (Å²) in [6, 6.07) is -0.782. The van der Waals surface area contributed by atoms with Gasteiger partial charge in [0.15, 0.2) is 0 Å². The molecule has 2 saturated heterocycles. The number of H-pyrrole nitrogens is 1. The van der Waals surface area contributed by atoms with E-state index in [1.807, 2.05) is 7.05 Å². The smallest absolute Gasteiger partial charge is 0.340 e. The van der Waals surface area contributed by atoms with Crippen molar-refractivity contribution >= 4 is 16.9 Å². The van der Waals surface area contributed by atoms with Gasteiger partial charge >= 0.3 is 5.97 Å². The molecule has 0 radical (unpaired) electrons. The van der Waals surface area contributed by atoms with Gasteiger partial charge in [-0.25, -0.2) is 4.79 Å². The molecule has 4 nitrogen and oxygen atoms in total. The van der Waals surface area contributed by atoms with E-state index in [-0.39, 0.29) is 46.7 Å². The number of aromatic nitrogens is 1. The van der Waals surface area contributed by atoms with E-state index in [4.69, 9.17) is 11.6 Å². The summed E-state index contributed by atoms with van der Waals surface area (Å²) >= 11 is 0. The number of nitrogens with zero attached hydrogens (tertiary/aromatic N) is 1. The summed E-state index contributed by atoms with van der Waals surface area (Å²) in [5.74, 6) is -0.722. The van der Waals surface area contributed by atoms with Crippen LogP contribution in [0, 0.1) is 0 Å². The van der Waals surface area contributed by atoms with E-state index in [2.05, 4.69) is 9.88 Å². The molecule has 110 valence electrons. The number of carbonyl (C=O) groups is 1. The van der Waals surface area contributed by atoms with Crippen LogP contribution < -0.4 is 0 Å². The molecule has 1 N–H and O–H groups in total. The number of para-hydroxylation sites is 1. The van der Waals surface area contributed by atoms with Gasteiger partial charge in [0, 0.05) is 42.0 Å². The van der Waals surface area contributed by atoms with Crippen molar-refractivity contribution in [3.8, 4) is 0 Å². The number of benzene rings is 1. The monoisotopic (exact) mass is 289 g/mol. The highest BCUT2D eigenvalue weighted by Gasteiger charge is 2.40. The van der Waals surface area contributed by atoms with Crippen molar-refractivity contribution in [2.75, 3.05) is 7.05 Å². The summed E-state index contributed by atoms with van der Waals surface area (Å²) in [7, 11) is 2.04. The molecule has 3 heterocycles. The number of fused-ring (bicyclic) bond motifs is 3. The molecule has 1 unspecified atom stereocenters. The fraction of sp³-hybridized carbons (Fsp3) is 0.471. The Bertz CT molecular complexity index is 898. The Balaban J connectivity index is 1.67. The van der Waals surface area contributed by atoms with E-state index in [0.717, 1.165) is 12.8 Å². The van der Waals surface area contributed by atoms with Crippen LogP contribution in [0.4, 0.5) is 0 Å². The Morgan fingerprint density at radius 2 is 2.10 bits per heavy atom. The summed E-state index contributed by atoms with van der Waals surface area (Å²) in [4.78, 5) is 17.7. The molecule has 2 aromatic rings. The van der Waals surface area contributed by atoms with Crippen molar-refractivity contribution in [3.63, 3.8) is 0 Å². The van der Waals surface area contributed by atoms with Crippen molar-refractivity contribution in [3.05, 3.63) is 35.9 Å². The van der Waals surface area contributed by atoms with Crippen molar-refractivity contribution < 1.29 is 16.4 Å². The quantitative estimate of drug-likeness (QED) is 0.865. The van der Waals surface area contributed by atoms with Gasteiger partial charge in [0.05, 0.1) is 12.4 Å². The van der Waals surface area contributed by atoms with Crippen molar-refractivity contribution in [1.82, 2.24) is 9.88 Å². The second-order valence-electron chi connectivity index (χ2n) is 5.84. The zero-order chi connectivity index (χ0) is 18.8. The van der Waals surface area contributed by atoms with Crippen LogP contribution in [0.15, 0.2) is 30.4 Å². The summed E-state index contributed by atoms with van der Waals surface area (Å²) in [6.07, 6.45) is 2.94. The topological polar surface area (TPSA) is 45.3 Å². The highest BCUT2D eigenvalue weighted by atomic mass is 16.5. The molecule has 1 aromatic carbocycles. The van der Waals surface area contributed by atoms with Gasteiger partial charge in [0.25, 0.3) is 0 Å². The van der Waals surface area contributed by atoms with Gasteiger partial charge in [0.2, 0.25) is 0 Å². The number of ether oxygens (including phenoxy) is 1. The Kier molecular flexibility index (Phi) is 2.00. The maximum Gasteiger partial charge on any atom is 0.340 e. The van der Waals surface area contributed by atoms with Gasteiger partial charge in [-0.3, -0.25) is 0 Å². The zero-order valence-corrected chi connectivity index (χ0v) is 11.8. The first-order valence-electron chi connectivity index (χ1n) is 9.74. The standard InChI is InChI=1S/C17H20N2O2/c1-19-11-6-7-12(19)9-13(8-11)21-17(20)15-10-18-16-5-3-2-4-14(15)16/h2-5,10-13,18H,6-9H2,1H3/t11-,12+,13?/i2D,3D,4D,5D,13D. The molecule has 4 heteroatoms. The molecule has 2 aliphatic rings. The first-order chi connectivity index (χ1) is 12.2. The molecule has 21 heavy (non-hydrogen) atoms. The number of hydrogen-bond donors (Lipinski definition) is 1. The van der Waals surface area contributed by atoms with E-state index < -0.39 is 18.1 Å². The van der Waals surface area contributed by atoms with Gasteiger partial charge < -0.3 is 14.6 Å². The largest absolute Gasteiger partial charge is 0.459 e.